The van der Waals surface area contributed by atoms with E-state index in [0.29, 0.717) is 29.1 Å². The first kappa shape index (κ1) is 42.3. The molecule has 5 rings (SSSR count). The van der Waals surface area contributed by atoms with Crippen molar-refractivity contribution in [2.24, 2.45) is 0 Å². The van der Waals surface area contributed by atoms with E-state index in [0.717, 1.165) is 0 Å². The van der Waals surface area contributed by atoms with Gasteiger partial charge in [0, 0.05) is 48.3 Å². The molecular weight excluding hydrogens is 766 g/mol. The number of hydrogen-bond acceptors (Lipinski definition) is 14. The molecular formula is C38H38BrN5O10. The Hall–Kier alpha value is -6.16. The average molecular weight is 805 g/mol. The number of aromatic nitrogens is 5. The molecule has 1 atom stereocenters. The SMILES string of the molecule is CCOC(=O)C(Br)C(=O)c1ccccn1.CCOC(=O)CC(=O)c1ccncc1.CCOC(=O)c1cccn2c(C(=O)OCC)c(-c3ccncc3)nc12. The minimum atomic E-state index is -0.979. The number of halogens is 1. The molecule has 0 saturated carbocycles. The maximum absolute atomic E-state index is 12.5. The Bertz CT molecular complexity index is 2030. The molecule has 282 valence electrons. The molecule has 0 amide bonds. The van der Waals surface area contributed by atoms with Gasteiger partial charge in [0.25, 0.3) is 0 Å². The van der Waals surface area contributed by atoms with E-state index in [1.54, 1.807) is 105 Å². The maximum atomic E-state index is 12.5. The quantitative estimate of drug-likeness (QED) is 0.0472. The summed E-state index contributed by atoms with van der Waals surface area (Å²) in [6.07, 6.45) is 9.20. The highest BCUT2D eigenvalue weighted by molar-refractivity contribution is 9.10. The summed E-state index contributed by atoms with van der Waals surface area (Å²) in [5, 5.41) is 0. The van der Waals surface area contributed by atoms with Crippen molar-refractivity contribution in [3.8, 4) is 11.3 Å². The fourth-order valence-electron chi connectivity index (χ4n) is 4.49. The Labute approximate surface area is 319 Å². The van der Waals surface area contributed by atoms with E-state index < -0.39 is 34.5 Å². The number of carbonyl (C=O) groups is 6. The summed E-state index contributed by atoms with van der Waals surface area (Å²) >= 11 is 2.98. The molecule has 0 saturated heterocycles. The highest BCUT2D eigenvalue weighted by Gasteiger charge is 2.27. The van der Waals surface area contributed by atoms with Crippen molar-refractivity contribution in [3.05, 3.63) is 114 Å². The molecule has 0 N–H and O–H groups in total. The van der Waals surface area contributed by atoms with Gasteiger partial charge < -0.3 is 18.9 Å². The lowest BCUT2D eigenvalue weighted by Gasteiger charge is -2.06. The molecule has 0 radical (unpaired) electrons. The van der Waals surface area contributed by atoms with Crippen LogP contribution >= 0.6 is 15.9 Å². The number of ketones is 2. The van der Waals surface area contributed by atoms with Gasteiger partial charge in [0.2, 0.25) is 5.78 Å². The fraction of sp³-hybridized carbons (Fsp3) is 0.263. The fourth-order valence-corrected chi connectivity index (χ4v) is 4.85. The van der Waals surface area contributed by atoms with Crippen LogP contribution in [0.15, 0.2) is 91.8 Å². The Morgan fingerprint density at radius 1 is 0.704 bits per heavy atom. The normalized spacial score (nSPS) is 10.7. The van der Waals surface area contributed by atoms with Crippen LogP contribution in [0.5, 0.6) is 0 Å². The van der Waals surface area contributed by atoms with Gasteiger partial charge in [0.15, 0.2) is 22.0 Å². The zero-order valence-corrected chi connectivity index (χ0v) is 31.6. The summed E-state index contributed by atoms with van der Waals surface area (Å²) in [6.45, 7) is 7.88. The summed E-state index contributed by atoms with van der Waals surface area (Å²) < 4.78 is 21.2. The van der Waals surface area contributed by atoms with Crippen molar-refractivity contribution >= 4 is 57.0 Å². The number of imidazole rings is 1. The van der Waals surface area contributed by atoms with Crippen molar-refractivity contribution in [3.63, 3.8) is 0 Å². The number of hydrogen-bond donors (Lipinski definition) is 0. The molecule has 0 bridgehead atoms. The van der Waals surface area contributed by atoms with Gasteiger partial charge in [-0.15, -0.1) is 0 Å². The lowest BCUT2D eigenvalue weighted by Crippen LogP contribution is -2.27. The summed E-state index contributed by atoms with van der Waals surface area (Å²) in [7, 11) is 0. The number of pyridine rings is 4. The highest BCUT2D eigenvalue weighted by Crippen LogP contribution is 2.26. The molecule has 54 heavy (non-hydrogen) atoms. The Morgan fingerprint density at radius 2 is 1.31 bits per heavy atom. The molecule has 0 aliphatic heterocycles. The second-order valence-electron chi connectivity index (χ2n) is 10.4. The number of Topliss-reactive ketones (excluding diaryl/α,β-unsaturated/α-hetero) is 2. The van der Waals surface area contributed by atoms with Crippen molar-refractivity contribution in [1.82, 2.24) is 24.3 Å². The summed E-state index contributed by atoms with van der Waals surface area (Å²) in [6, 6.07) is 14.9. The predicted octanol–water partition coefficient (Wildman–Crippen LogP) is 5.56. The average Bonchev–Trinajstić information content (AvgIpc) is 3.59. The van der Waals surface area contributed by atoms with Crippen LogP contribution in [0.1, 0.15) is 75.8 Å². The van der Waals surface area contributed by atoms with Gasteiger partial charge in [-0.05, 0) is 76.2 Å². The summed E-state index contributed by atoms with van der Waals surface area (Å²) in [4.78, 5) is 85.1. The Morgan fingerprint density at radius 3 is 1.91 bits per heavy atom. The van der Waals surface area contributed by atoms with Crippen LogP contribution in [-0.4, -0.2) is 91.0 Å². The minimum Gasteiger partial charge on any atom is -0.466 e. The van der Waals surface area contributed by atoms with E-state index in [2.05, 4.69) is 40.6 Å². The van der Waals surface area contributed by atoms with Crippen molar-refractivity contribution in [1.29, 1.82) is 0 Å². The second kappa shape index (κ2) is 22.0. The molecule has 1 unspecified atom stereocenters. The molecule has 0 aliphatic carbocycles. The first-order chi connectivity index (χ1) is 26.1. The standard InChI is InChI=1S/C18H17N3O4.C10H10BrNO3.C10H11NO3/c1-3-24-17(22)13-6-5-11-21-15(18(23)25-4-2)14(20-16(13)21)12-7-9-19-10-8-12;1-2-15-10(14)8(11)9(13)7-5-3-4-6-12-7;1-2-14-10(13)7-9(12)8-3-5-11-6-4-8/h5-11H,3-4H2,1-2H3;3-6,8H,2H2,1H3;3-6H,2,7H2,1H3. The highest BCUT2D eigenvalue weighted by atomic mass is 79.9. The van der Waals surface area contributed by atoms with Gasteiger partial charge in [-0.1, -0.05) is 22.0 Å². The van der Waals surface area contributed by atoms with Crippen molar-refractivity contribution < 1.29 is 47.7 Å². The Kier molecular flexibility index (Phi) is 17.2. The third kappa shape index (κ3) is 11.9. The zero-order valence-electron chi connectivity index (χ0n) is 30.0. The van der Waals surface area contributed by atoms with Gasteiger partial charge in [0.05, 0.1) is 26.4 Å². The van der Waals surface area contributed by atoms with Crippen molar-refractivity contribution in [2.45, 2.75) is 38.9 Å². The number of alkyl halides is 1. The number of carbonyl (C=O) groups excluding carboxylic acids is 6. The van der Waals surface area contributed by atoms with E-state index in [1.807, 2.05) is 0 Å². The first-order valence-corrected chi connectivity index (χ1v) is 17.6. The number of rotatable bonds is 13. The van der Waals surface area contributed by atoms with Crippen LogP contribution in [-0.2, 0) is 28.5 Å². The number of nitrogens with zero attached hydrogens (tertiary/aromatic N) is 5. The summed E-state index contributed by atoms with van der Waals surface area (Å²) in [5.74, 6) is -2.72. The minimum absolute atomic E-state index is 0.210. The monoisotopic (exact) mass is 803 g/mol. The topological polar surface area (TPSA) is 195 Å². The van der Waals surface area contributed by atoms with Crippen LogP contribution < -0.4 is 0 Å². The number of fused-ring (bicyclic) bond motifs is 1. The van der Waals surface area contributed by atoms with E-state index in [4.69, 9.17) is 14.2 Å². The molecule has 0 spiro atoms. The molecule has 0 aliphatic rings. The zero-order chi connectivity index (χ0) is 39.5. The molecule has 5 heterocycles. The van der Waals surface area contributed by atoms with Crippen LogP contribution in [0, 0.1) is 0 Å². The maximum Gasteiger partial charge on any atom is 0.357 e. The van der Waals surface area contributed by atoms with Crippen LogP contribution in [0.4, 0.5) is 0 Å². The van der Waals surface area contributed by atoms with Crippen molar-refractivity contribution in [2.75, 3.05) is 26.4 Å². The largest absolute Gasteiger partial charge is 0.466 e. The molecule has 15 nitrogen and oxygen atoms in total. The third-order valence-electron chi connectivity index (χ3n) is 6.82. The van der Waals surface area contributed by atoms with Gasteiger partial charge in [-0.2, -0.15) is 0 Å². The Balaban J connectivity index is 0.000000233. The van der Waals surface area contributed by atoms with Crippen LogP contribution in [0.3, 0.4) is 0 Å². The van der Waals surface area contributed by atoms with E-state index >= 15 is 0 Å². The molecule has 16 heteroatoms. The second-order valence-corrected chi connectivity index (χ2v) is 11.4. The lowest BCUT2D eigenvalue weighted by atomic mass is 10.1. The number of esters is 4. The third-order valence-corrected chi connectivity index (χ3v) is 7.61. The first-order valence-electron chi connectivity index (χ1n) is 16.7. The lowest BCUT2D eigenvalue weighted by molar-refractivity contribution is -0.142. The van der Waals surface area contributed by atoms with Gasteiger partial charge in [-0.3, -0.25) is 38.5 Å². The van der Waals surface area contributed by atoms with E-state index in [1.165, 1.54) is 18.6 Å². The molecule has 0 fully saturated rings. The molecule has 5 aromatic rings. The van der Waals surface area contributed by atoms with Crippen LogP contribution in [0.25, 0.3) is 16.9 Å². The smallest absolute Gasteiger partial charge is 0.357 e. The molecule has 5 aromatic heterocycles. The van der Waals surface area contributed by atoms with E-state index in [-0.39, 0.29) is 49.0 Å². The molecule has 0 aromatic carbocycles. The number of ether oxygens (including phenoxy) is 4. The van der Waals surface area contributed by atoms with Gasteiger partial charge in [-0.25, -0.2) is 14.6 Å². The van der Waals surface area contributed by atoms with Gasteiger partial charge in [0.1, 0.15) is 23.4 Å². The predicted molar refractivity (Wildman–Crippen MR) is 198 cm³/mol. The summed E-state index contributed by atoms with van der Waals surface area (Å²) in [5.41, 5.74) is 2.75. The van der Waals surface area contributed by atoms with Gasteiger partial charge >= 0.3 is 23.9 Å². The van der Waals surface area contributed by atoms with Crippen LogP contribution in [0.2, 0.25) is 0 Å². The van der Waals surface area contributed by atoms with E-state index in [9.17, 15) is 28.8 Å².